The Morgan fingerprint density at radius 1 is 1.03 bits per heavy atom. The quantitative estimate of drug-likeness (QED) is 0.425. The van der Waals surface area contributed by atoms with Crippen molar-refractivity contribution in [3.63, 3.8) is 0 Å². The van der Waals surface area contributed by atoms with E-state index in [1.165, 1.54) is 27.1 Å². The molecule has 0 atom stereocenters. The second-order valence-electron chi connectivity index (χ2n) is 9.48. The van der Waals surface area contributed by atoms with Crippen LogP contribution in [0.25, 0.3) is 11.1 Å². The number of rotatable bonds is 5. The average Bonchev–Trinajstić information content (AvgIpc) is 3.02. The van der Waals surface area contributed by atoms with E-state index in [1.54, 1.807) is 11.3 Å². The molecule has 2 fully saturated rings. The summed E-state index contributed by atoms with van der Waals surface area (Å²) < 4.78 is 7.85. The van der Waals surface area contributed by atoms with Gasteiger partial charge in [-0.2, -0.15) is 0 Å². The van der Waals surface area contributed by atoms with E-state index < -0.39 is 0 Å². The van der Waals surface area contributed by atoms with Gasteiger partial charge >= 0.3 is 0 Å². The standard InChI is InChI=1S/C28H31NOS/c1-19-25(16-21-10-12-23(13-11-21)22-8-5-4-6-9-22)26(20(2)31-19)27(30)29(3)24-17-28(18-24)14-7-15-28/h4-6,8-13,24H,7,14-18H2,1-3H3/i7D. The molecule has 2 saturated carbocycles. The Hall–Kier alpha value is -2.39. The van der Waals surface area contributed by atoms with Gasteiger partial charge in [0.15, 0.2) is 0 Å². The molecular weight excluding hydrogens is 398 g/mol. The molecule has 2 aliphatic rings. The lowest BCUT2D eigenvalue weighted by Crippen LogP contribution is -2.54. The van der Waals surface area contributed by atoms with E-state index >= 15 is 0 Å². The second-order valence-corrected chi connectivity index (χ2v) is 10.9. The third kappa shape index (κ3) is 3.74. The minimum absolute atomic E-state index is 0.124. The molecule has 0 saturated heterocycles. The van der Waals surface area contributed by atoms with E-state index in [0.717, 1.165) is 42.5 Å². The number of carbonyl (C=O) groups is 1. The van der Waals surface area contributed by atoms with Crippen LogP contribution in [0.5, 0.6) is 0 Å². The van der Waals surface area contributed by atoms with Crippen molar-refractivity contribution in [2.24, 2.45) is 5.41 Å². The van der Waals surface area contributed by atoms with Crippen LogP contribution in [-0.2, 0) is 6.42 Å². The Morgan fingerprint density at radius 3 is 2.32 bits per heavy atom. The molecule has 1 heterocycles. The zero-order valence-corrected chi connectivity index (χ0v) is 19.5. The molecule has 0 N–H and O–H groups in total. The van der Waals surface area contributed by atoms with Gasteiger partial charge < -0.3 is 4.90 Å². The third-order valence-corrected chi connectivity index (χ3v) is 8.46. The van der Waals surface area contributed by atoms with E-state index in [4.69, 9.17) is 1.37 Å². The summed E-state index contributed by atoms with van der Waals surface area (Å²) in [5, 5.41) is 0. The minimum Gasteiger partial charge on any atom is -0.339 e. The highest BCUT2D eigenvalue weighted by atomic mass is 32.1. The highest BCUT2D eigenvalue weighted by molar-refractivity contribution is 7.12. The predicted octanol–water partition coefficient (Wildman–Crippen LogP) is 7.03. The van der Waals surface area contributed by atoms with Crippen molar-refractivity contribution in [3.05, 3.63) is 81.0 Å². The summed E-state index contributed by atoms with van der Waals surface area (Å²) in [5.74, 6) is 0.171. The van der Waals surface area contributed by atoms with Crippen molar-refractivity contribution in [2.75, 3.05) is 7.05 Å². The lowest BCUT2D eigenvalue weighted by atomic mass is 9.54. The zero-order valence-electron chi connectivity index (χ0n) is 19.7. The van der Waals surface area contributed by atoms with Crippen LogP contribution in [0.15, 0.2) is 54.6 Å². The maximum atomic E-state index is 13.5. The summed E-state index contributed by atoms with van der Waals surface area (Å²) in [6.07, 6.45) is 5.10. The van der Waals surface area contributed by atoms with Crippen molar-refractivity contribution in [1.29, 1.82) is 0 Å². The Bertz CT molecular complexity index is 1120. The largest absolute Gasteiger partial charge is 0.339 e. The minimum atomic E-state index is 0.124. The van der Waals surface area contributed by atoms with Gasteiger partial charge in [-0.25, -0.2) is 0 Å². The van der Waals surface area contributed by atoms with E-state index in [2.05, 4.69) is 62.4 Å². The number of benzene rings is 2. The van der Waals surface area contributed by atoms with Gasteiger partial charge in [-0.15, -0.1) is 11.3 Å². The van der Waals surface area contributed by atoms with Crippen molar-refractivity contribution >= 4 is 17.2 Å². The van der Waals surface area contributed by atoms with Gasteiger partial charge in [0.1, 0.15) is 0 Å². The van der Waals surface area contributed by atoms with Crippen molar-refractivity contribution in [1.82, 2.24) is 4.90 Å². The number of nitrogens with zero attached hydrogens (tertiary/aromatic N) is 1. The van der Waals surface area contributed by atoms with Gasteiger partial charge in [0, 0.05) is 24.2 Å². The summed E-state index contributed by atoms with van der Waals surface area (Å²) in [4.78, 5) is 17.9. The molecular formula is C28H31NOS. The molecule has 160 valence electrons. The predicted molar refractivity (Wildman–Crippen MR) is 130 cm³/mol. The lowest BCUT2D eigenvalue weighted by molar-refractivity contribution is -0.0386. The van der Waals surface area contributed by atoms with Crippen LogP contribution >= 0.6 is 11.3 Å². The van der Waals surface area contributed by atoms with E-state index in [0.29, 0.717) is 11.5 Å². The Morgan fingerprint density at radius 2 is 1.68 bits per heavy atom. The monoisotopic (exact) mass is 430 g/mol. The summed E-state index contributed by atoms with van der Waals surface area (Å²) in [7, 11) is 1.97. The number of thiophene rings is 1. The lowest BCUT2D eigenvalue weighted by Gasteiger charge is -2.56. The Balaban J connectivity index is 1.33. The first kappa shape index (κ1) is 19.3. The van der Waals surface area contributed by atoms with Crippen LogP contribution in [-0.4, -0.2) is 23.9 Å². The number of hydrogen-bond donors (Lipinski definition) is 0. The number of amides is 1. The third-order valence-electron chi connectivity index (χ3n) is 7.40. The molecule has 0 bridgehead atoms. The molecule has 0 radical (unpaired) electrons. The van der Waals surface area contributed by atoms with Gasteiger partial charge in [-0.3, -0.25) is 4.79 Å². The highest BCUT2D eigenvalue weighted by Crippen LogP contribution is 2.57. The maximum absolute atomic E-state index is 13.5. The molecule has 1 amide bonds. The normalized spacial score (nSPS) is 24.9. The molecule has 2 aromatic carbocycles. The first-order valence-corrected chi connectivity index (χ1v) is 12.1. The molecule has 3 aromatic rings. The molecule has 3 heteroatoms. The number of carbonyl (C=O) groups excluding carboxylic acids is 1. The van der Waals surface area contributed by atoms with Crippen LogP contribution in [0.3, 0.4) is 0 Å². The summed E-state index contributed by atoms with van der Waals surface area (Å²) >= 11 is 1.74. The SMILES string of the molecule is [2H]C1CC2(C1)CC(N(C)C(=O)c1c(C)sc(C)c1Cc1ccc(-c3ccccc3)cc1)C2. The Labute approximate surface area is 191 Å². The summed E-state index contributed by atoms with van der Waals surface area (Å²) in [5.41, 5.74) is 6.14. The van der Waals surface area contributed by atoms with Crippen LogP contribution in [0.1, 0.15) is 64.7 Å². The van der Waals surface area contributed by atoms with E-state index in [-0.39, 0.29) is 12.3 Å². The fourth-order valence-electron chi connectivity index (χ4n) is 5.31. The topological polar surface area (TPSA) is 20.3 Å². The fraction of sp³-hybridized carbons (Fsp3) is 0.393. The van der Waals surface area contributed by atoms with Crippen LogP contribution in [0, 0.1) is 19.3 Å². The molecule has 2 aliphatic carbocycles. The fourth-order valence-corrected chi connectivity index (χ4v) is 6.38. The van der Waals surface area contributed by atoms with Crippen LogP contribution in [0.2, 0.25) is 0 Å². The van der Waals surface area contributed by atoms with Crippen LogP contribution in [0.4, 0.5) is 0 Å². The second kappa shape index (κ2) is 7.94. The van der Waals surface area contributed by atoms with Crippen molar-refractivity contribution in [3.8, 4) is 11.1 Å². The van der Waals surface area contributed by atoms with Gasteiger partial charge in [0.25, 0.3) is 5.91 Å². The zero-order chi connectivity index (χ0) is 22.5. The number of aryl methyl sites for hydroxylation is 2. The molecule has 0 aliphatic heterocycles. The molecule has 31 heavy (non-hydrogen) atoms. The molecule has 1 spiro atoms. The van der Waals surface area contributed by atoms with Crippen molar-refractivity contribution < 1.29 is 6.17 Å². The first-order chi connectivity index (χ1) is 15.3. The number of hydrogen-bond acceptors (Lipinski definition) is 2. The van der Waals surface area contributed by atoms with E-state index in [1.807, 2.05) is 18.0 Å². The maximum Gasteiger partial charge on any atom is 0.255 e. The molecule has 0 unspecified atom stereocenters. The molecule has 1 aromatic heterocycles. The van der Waals surface area contributed by atoms with E-state index in [9.17, 15) is 4.79 Å². The molecule has 5 rings (SSSR count). The van der Waals surface area contributed by atoms with Crippen molar-refractivity contribution in [2.45, 2.75) is 58.4 Å². The van der Waals surface area contributed by atoms with Crippen LogP contribution < -0.4 is 0 Å². The summed E-state index contributed by atoms with van der Waals surface area (Å²) in [6.45, 7) is 4.23. The smallest absolute Gasteiger partial charge is 0.255 e. The van der Waals surface area contributed by atoms with Gasteiger partial charge in [-0.1, -0.05) is 61.0 Å². The Kier molecular flexibility index (Phi) is 4.95. The van der Waals surface area contributed by atoms with Gasteiger partial charge in [-0.05, 0) is 73.6 Å². The first-order valence-electron chi connectivity index (χ1n) is 11.9. The van der Waals surface area contributed by atoms with Gasteiger partial charge in [0.05, 0.1) is 5.56 Å². The van der Waals surface area contributed by atoms with Gasteiger partial charge in [0.2, 0.25) is 0 Å². The molecule has 2 nitrogen and oxygen atoms in total. The summed E-state index contributed by atoms with van der Waals surface area (Å²) in [6, 6.07) is 19.5. The highest BCUT2D eigenvalue weighted by Gasteiger charge is 2.50. The average molecular weight is 431 g/mol.